The lowest BCUT2D eigenvalue weighted by atomic mass is 9.90. The summed E-state index contributed by atoms with van der Waals surface area (Å²) in [5.41, 5.74) is -2.56. The number of alkyl halides is 4. The first-order valence-electron chi connectivity index (χ1n) is 12.1. The summed E-state index contributed by atoms with van der Waals surface area (Å²) < 4.78 is 53.4. The van der Waals surface area contributed by atoms with Crippen molar-refractivity contribution in [1.29, 1.82) is 0 Å². The highest BCUT2D eigenvalue weighted by molar-refractivity contribution is 5.95. The largest absolute Gasteiger partial charge is 0.471 e. The number of halogens is 4. The number of nitrogens with zero attached hydrogens (tertiary/aromatic N) is 1. The zero-order valence-corrected chi connectivity index (χ0v) is 20.2. The first kappa shape index (κ1) is 27.9. The van der Waals surface area contributed by atoms with E-state index in [-0.39, 0.29) is 30.7 Å². The van der Waals surface area contributed by atoms with E-state index in [1.54, 1.807) is 0 Å². The lowest BCUT2D eigenvalue weighted by molar-refractivity contribution is -0.176. The molecule has 1 saturated carbocycles. The molecule has 0 spiro atoms. The number of likely N-dealkylation sites (tertiary alicyclic amines) is 1. The molecule has 2 aliphatic heterocycles. The van der Waals surface area contributed by atoms with Crippen molar-refractivity contribution in [2.45, 2.75) is 82.3 Å². The van der Waals surface area contributed by atoms with Gasteiger partial charge in [0.25, 0.3) is 0 Å². The average molecular weight is 521 g/mol. The third kappa shape index (κ3) is 6.15. The van der Waals surface area contributed by atoms with Crippen molar-refractivity contribution >= 4 is 29.9 Å². The molecule has 2 heterocycles. The minimum absolute atomic E-state index is 0.0207. The van der Waals surface area contributed by atoms with Crippen LogP contribution >= 0.6 is 0 Å². The number of aldehydes is 1. The molecule has 3 aliphatic rings. The predicted octanol–water partition coefficient (Wildman–Crippen LogP) is 1.01. The molecule has 13 heteroatoms. The van der Waals surface area contributed by atoms with Crippen LogP contribution in [-0.4, -0.2) is 77.9 Å². The topological polar surface area (TPSA) is 125 Å². The van der Waals surface area contributed by atoms with E-state index >= 15 is 0 Å². The Kier molecular flexibility index (Phi) is 8.29. The number of carbonyl (C=O) groups excluding carboxylic acids is 5. The van der Waals surface area contributed by atoms with Crippen LogP contribution in [0.4, 0.5) is 17.6 Å². The van der Waals surface area contributed by atoms with Gasteiger partial charge >= 0.3 is 12.1 Å². The van der Waals surface area contributed by atoms with Crippen LogP contribution in [0.1, 0.15) is 52.4 Å². The van der Waals surface area contributed by atoms with Crippen molar-refractivity contribution in [1.82, 2.24) is 20.9 Å². The van der Waals surface area contributed by atoms with Gasteiger partial charge in [-0.05, 0) is 57.8 Å². The van der Waals surface area contributed by atoms with Gasteiger partial charge in [0.2, 0.25) is 17.7 Å². The summed E-state index contributed by atoms with van der Waals surface area (Å²) in [5, 5.41) is 6.73. The minimum atomic E-state index is -5.33. The van der Waals surface area contributed by atoms with Crippen molar-refractivity contribution in [3.63, 3.8) is 0 Å². The molecule has 36 heavy (non-hydrogen) atoms. The van der Waals surface area contributed by atoms with Crippen LogP contribution in [0, 0.1) is 17.8 Å². The van der Waals surface area contributed by atoms with Crippen LogP contribution in [0.3, 0.4) is 0 Å². The van der Waals surface area contributed by atoms with Crippen LogP contribution in [0.5, 0.6) is 0 Å². The molecule has 9 nitrogen and oxygen atoms in total. The highest BCUT2D eigenvalue weighted by atomic mass is 19.4. The first-order chi connectivity index (χ1) is 16.7. The van der Waals surface area contributed by atoms with Crippen LogP contribution < -0.4 is 16.0 Å². The Morgan fingerprint density at radius 1 is 1.11 bits per heavy atom. The molecule has 2 saturated heterocycles. The first-order valence-corrected chi connectivity index (χ1v) is 12.1. The molecule has 1 aliphatic carbocycles. The van der Waals surface area contributed by atoms with Gasteiger partial charge in [-0.1, -0.05) is 6.42 Å². The van der Waals surface area contributed by atoms with Gasteiger partial charge in [0.15, 0.2) is 0 Å². The Labute approximate surface area is 206 Å². The molecule has 4 amide bonds. The van der Waals surface area contributed by atoms with Gasteiger partial charge in [-0.2, -0.15) is 13.2 Å². The average Bonchev–Trinajstić information content (AvgIpc) is 3.37. The molecule has 0 radical (unpaired) electrons. The van der Waals surface area contributed by atoms with Gasteiger partial charge in [-0.25, -0.2) is 4.39 Å². The maximum Gasteiger partial charge on any atom is 0.471 e. The lowest BCUT2D eigenvalue weighted by Gasteiger charge is -2.35. The lowest BCUT2D eigenvalue weighted by Crippen LogP contribution is -2.62. The maximum absolute atomic E-state index is 14.9. The summed E-state index contributed by atoms with van der Waals surface area (Å²) >= 11 is 0. The van der Waals surface area contributed by atoms with E-state index in [1.807, 2.05) is 0 Å². The predicted molar refractivity (Wildman–Crippen MR) is 118 cm³/mol. The molecule has 0 aromatic heterocycles. The minimum Gasteiger partial charge on any atom is -0.356 e. The molecule has 202 valence electrons. The zero-order chi connectivity index (χ0) is 26.8. The molecule has 3 fully saturated rings. The summed E-state index contributed by atoms with van der Waals surface area (Å²) in [6.07, 6.45) is -1.45. The standard InChI is InChI=1S/C23H32F4N4O5/c1-22(2,24)17(30-21(36)23(25,26)27)20(35)31-10-13-5-3-7-15(13)16(31)19(34)29-14(11-32)9-12-6-4-8-28-18(12)33/h11-17H,3-10H2,1-2H3,(H,28,33)(H,29,34)(H,30,36)/t12-,13-,14-,15-,16-,17+/m0/s1. The van der Waals surface area contributed by atoms with Crippen molar-refractivity contribution < 1.29 is 41.5 Å². The van der Waals surface area contributed by atoms with Crippen molar-refractivity contribution in [2.75, 3.05) is 13.1 Å². The molecule has 3 rings (SSSR count). The fraction of sp³-hybridized carbons (Fsp3) is 0.783. The quantitative estimate of drug-likeness (QED) is 0.326. The summed E-state index contributed by atoms with van der Waals surface area (Å²) in [5.74, 6) is -5.41. The van der Waals surface area contributed by atoms with E-state index in [9.17, 15) is 41.5 Å². The number of amides is 4. The maximum atomic E-state index is 14.9. The van der Waals surface area contributed by atoms with Crippen LogP contribution in [0.2, 0.25) is 0 Å². The highest BCUT2D eigenvalue weighted by Gasteiger charge is 2.53. The Morgan fingerprint density at radius 3 is 2.39 bits per heavy atom. The third-order valence-electron chi connectivity index (χ3n) is 7.34. The summed E-state index contributed by atoms with van der Waals surface area (Å²) in [6.45, 7) is 2.30. The molecular formula is C23H32F4N4O5. The van der Waals surface area contributed by atoms with Gasteiger partial charge in [-0.3, -0.25) is 19.2 Å². The van der Waals surface area contributed by atoms with E-state index in [0.29, 0.717) is 32.1 Å². The molecule has 3 N–H and O–H groups in total. The normalized spacial score (nSPS) is 28.1. The van der Waals surface area contributed by atoms with E-state index in [4.69, 9.17) is 0 Å². The molecule has 0 aromatic rings. The number of hydrogen-bond acceptors (Lipinski definition) is 5. The SMILES string of the molecule is CC(C)(F)[C@H](NC(=O)C(F)(F)F)C(=O)N1C[C@@H]2CCC[C@@H]2[C@H]1C(=O)N[C@H](C=O)C[C@@H]1CCCNC1=O. The fourth-order valence-electron chi connectivity index (χ4n) is 5.56. The number of piperidine rings is 1. The number of fused-ring (bicyclic) bond motifs is 1. The van der Waals surface area contributed by atoms with Gasteiger partial charge < -0.3 is 25.6 Å². The van der Waals surface area contributed by atoms with Crippen molar-refractivity contribution in [3.8, 4) is 0 Å². The van der Waals surface area contributed by atoms with E-state index < -0.39 is 53.6 Å². The second-order valence-corrected chi connectivity index (χ2v) is 10.4. The Balaban J connectivity index is 1.80. The molecular weight excluding hydrogens is 488 g/mol. The summed E-state index contributed by atoms with van der Waals surface area (Å²) in [7, 11) is 0. The zero-order valence-electron chi connectivity index (χ0n) is 20.2. The highest BCUT2D eigenvalue weighted by Crippen LogP contribution is 2.43. The van der Waals surface area contributed by atoms with E-state index in [2.05, 4.69) is 10.6 Å². The van der Waals surface area contributed by atoms with Gasteiger partial charge in [0.1, 0.15) is 24.0 Å². The summed E-state index contributed by atoms with van der Waals surface area (Å²) in [6, 6.07) is -4.32. The third-order valence-corrected chi connectivity index (χ3v) is 7.34. The number of carbonyl (C=O) groups is 5. The van der Waals surface area contributed by atoms with Gasteiger partial charge in [-0.15, -0.1) is 0 Å². The number of nitrogens with one attached hydrogen (secondary N) is 3. The second kappa shape index (κ2) is 10.7. The monoisotopic (exact) mass is 520 g/mol. The Bertz CT molecular complexity index is 891. The van der Waals surface area contributed by atoms with Crippen molar-refractivity contribution in [3.05, 3.63) is 0 Å². The molecule has 0 aromatic carbocycles. The Hall–Kier alpha value is -2.73. The molecule has 6 atom stereocenters. The smallest absolute Gasteiger partial charge is 0.356 e. The second-order valence-electron chi connectivity index (χ2n) is 10.4. The number of rotatable bonds is 8. The summed E-state index contributed by atoms with van der Waals surface area (Å²) in [4.78, 5) is 63.0. The van der Waals surface area contributed by atoms with E-state index in [0.717, 1.165) is 31.6 Å². The fourth-order valence-corrected chi connectivity index (χ4v) is 5.56. The Morgan fingerprint density at radius 2 is 1.81 bits per heavy atom. The van der Waals surface area contributed by atoms with Crippen LogP contribution in [0.25, 0.3) is 0 Å². The van der Waals surface area contributed by atoms with Crippen molar-refractivity contribution in [2.24, 2.45) is 17.8 Å². The van der Waals surface area contributed by atoms with Crippen LogP contribution in [0.15, 0.2) is 0 Å². The molecule has 0 unspecified atom stereocenters. The molecule has 0 bridgehead atoms. The van der Waals surface area contributed by atoms with Gasteiger partial charge in [0, 0.05) is 19.0 Å². The van der Waals surface area contributed by atoms with Gasteiger partial charge in [0.05, 0.1) is 6.04 Å². The van der Waals surface area contributed by atoms with E-state index in [1.165, 1.54) is 5.32 Å². The number of hydrogen-bond donors (Lipinski definition) is 3. The van der Waals surface area contributed by atoms with Crippen LogP contribution in [-0.2, 0) is 24.0 Å².